The van der Waals surface area contributed by atoms with Crippen molar-refractivity contribution in [1.29, 1.82) is 0 Å². The first-order chi connectivity index (χ1) is 9.79. The van der Waals surface area contributed by atoms with Crippen molar-refractivity contribution < 1.29 is 9.53 Å². The van der Waals surface area contributed by atoms with E-state index in [0.717, 1.165) is 13.0 Å². The molecule has 1 amide bonds. The first-order valence-electron chi connectivity index (χ1n) is 8.42. The fourth-order valence-electron chi connectivity index (χ4n) is 3.32. The van der Waals surface area contributed by atoms with Gasteiger partial charge >= 0.3 is 0 Å². The number of carbonyl (C=O) groups excluding carboxylic acids is 1. The summed E-state index contributed by atoms with van der Waals surface area (Å²) in [6, 6.07) is 0.00313. The average molecular weight is 282 g/mol. The van der Waals surface area contributed by atoms with Gasteiger partial charge in [0, 0.05) is 6.54 Å². The molecule has 1 saturated carbocycles. The molecular formula is C16H30N2O2. The SMILES string of the molecule is CCC1CCNC(C(=O)NCCOC2CCCCC2)C1. The number of nitrogens with one attached hydrogen (secondary N) is 2. The average Bonchev–Trinajstić information content (AvgIpc) is 2.52. The standard InChI is InChI=1S/C16H30N2O2/c1-2-13-8-9-17-15(12-13)16(19)18-10-11-20-14-6-4-3-5-7-14/h13-15,17H,2-12H2,1H3,(H,18,19). The van der Waals surface area contributed by atoms with Crippen molar-refractivity contribution >= 4 is 5.91 Å². The van der Waals surface area contributed by atoms with Crippen molar-refractivity contribution in [2.75, 3.05) is 19.7 Å². The summed E-state index contributed by atoms with van der Waals surface area (Å²) >= 11 is 0. The third kappa shape index (κ3) is 5.06. The van der Waals surface area contributed by atoms with Crippen LogP contribution in [-0.2, 0) is 9.53 Å². The molecule has 1 saturated heterocycles. The zero-order chi connectivity index (χ0) is 14.2. The molecule has 0 bridgehead atoms. The number of amides is 1. The van der Waals surface area contributed by atoms with Crippen molar-refractivity contribution in [2.45, 2.75) is 70.4 Å². The van der Waals surface area contributed by atoms with Gasteiger partial charge in [0.25, 0.3) is 0 Å². The van der Waals surface area contributed by atoms with Crippen LogP contribution in [0.1, 0.15) is 58.3 Å². The van der Waals surface area contributed by atoms with Crippen LogP contribution >= 0.6 is 0 Å². The van der Waals surface area contributed by atoms with Gasteiger partial charge in [-0.15, -0.1) is 0 Å². The van der Waals surface area contributed by atoms with Crippen LogP contribution in [0.25, 0.3) is 0 Å². The van der Waals surface area contributed by atoms with E-state index in [1.54, 1.807) is 0 Å². The van der Waals surface area contributed by atoms with Crippen LogP contribution in [0.15, 0.2) is 0 Å². The van der Waals surface area contributed by atoms with Crippen molar-refractivity contribution in [3.05, 3.63) is 0 Å². The molecule has 4 heteroatoms. The molecule has 2 rings (SSSR count). The maximum Gasteiger partial charge on any atom is 0.237 e. The quantitative estimate of drug-likeness (QED) is 0.735. The zero-order valence-electron chi connectivity index (χ0n) is 12.8. The van der Waals surface area contributed by atoms with E-state index in [4.69, 9.17) is 4.74 Å². The van der Waals surface area contributed by atoms with E-state index in [2.05, 4.69) is 17.6 Å². The molecule has 2 unspecified atom stereocenters. The minimum atomic E-state index is 0.00313. The molecule has 2 N–H and O–H groups in total. The Bertz CT molecular complexity index is 290. The largest absolute Gasteiger partial charge is 0.376 e. The van der Waals surface area contributed by atoms with Gasteiger partial charge in [-0.2, -0.15) is 0 Å². The molecule has 116 valence electrons. The predicted octanol–water partition coefficient (Wildman–Crippen LogP) is 2.23. The normalized spacial score (nSPS) is 28.2. The Morgan fingerprint density at radius 1 is 1.25 bits per heavy atom. The Hall–Kier alpha value is -0.610. The summed E-state index contributed by atoms with van der Waals surface area (Å²) in [5.74, 6) is 0.848. The van der Waals surface area contributed by atoms with Gasteiger partial charge in [-0.3, -0.25) is 4.79 Å². The topological polar surface area (TPSA) is 50.4 Å². The smallest absolute Gasteiger partial charge is 0.237 e. The fraction of sp³-hybridized carbons (Fsp3) is 0.938. The molecule has 20 heavy (non-hydrogen) atoms. The van der Waals surface area contributed by atoms with Crippen molar-refractivity contribution in [1.82, 2.24) is 10.6 Å². The van der Waals surface area contributed by atoms with Gasteiger partial charge in [-0.1, -0.05) is 32.6 Å². The van der Waals surface area contributed by atoms with Gasteiger partial charge < -0.3 is 15.4 Å². The Kier molecular flexibility index (Phi) is 6.80. The van der Waals surface area contributed by atoms with Crippen LogP contribution < -0.4 is 10.6 Å². The lowest BCUT2D eigenvalue weighted by molar-refractivity contribution is -0.124. The second-order valence-corrected chi connectivity index (χ2v) is 6.23. The highest BCUT2D eigenvalue weighted by atomic mass is 16.5. The first-order valence-corrected chi connectivity index (χ1v) is 8.42. The molecule has 2 fully saturated rings. The molecule has 0 radical (unpaired) electrons. The van der Waals surface area contributed by atoms with Crippen LogP contribution in [0.2, 0.25) is 0 Å². The number of piperidine rings is 1. The highest BCUT2D eigenvalue weighted by Gasteiger charge is 2.25. The lowest BCUT2D eigenvalue weighted by atomic mass is 9.90. The van der Waals surface area contributed by atoms with E-state index in [-0.39, 0.29) is 11.9 Å². The molecule has 2 atom stereocenters. The molecule has 2 aliphatic rings. The highest BCUT2D eigenvalue weighted by molar-refractivity contribution is 5.81. The van der Waals surface area contributed by atoms with Gasteiger partial charge in [-0.25, -0.2) is 0 Å². The van der Waals surface area contributed by atoms with Crippen LogP contribution in [0, 0.1) is 5.92 Å². The summed E-state index contributed by atoms with van der Waals surface area (Å²) in [4.78, 5) is 12.1. The summed E-state index contributed by atoms with van der Waals surface area (Å²) in [5, 5.41) is 6.33. The number of hydrogen-bond acceptors (Lipinski definition) is 3. The van der Waals surface area contributed by atoms with Crippen LogP contribution in [0.3, 0.4) is 0 Å². The van der Waals surface area contributed by atoms with Gasteiger partial charge in [0.2, 0.25) is 5.91 Å². The third-order valence-electron chi connectivity index (χ3n) is 4.71. The second kappa shape index (κ2) is 8.63. The van der Waals surface area contributed by atoms with Crippen molar-refractivity contribution in [3.8, 4) is 0 Å². The first kappa shape index (κ1) is 15.8. The molecule has 0 aromatic heterocycles. The Balaban J connectivity index is 1.57. The fourth-order valence-corrected chi connectivity index (χ4v) is 3.32. The lowest BCUT2D eigenvalue weighted by Crippen LogP contribution is -2.49. The molecule has 1 aliphatic carbocycles. The van der Waals surface area contributed by atoms with Gasteiger partial charge in [-0.05, 0) is 38.1 Å². The summed E-state index contributed by atoms with van der Waals surface area (Å²) in [6.07, 6.45) is 10.1. The molecular weight excluding hydrogens is 252 g/mol. The summed E-state index contributed by atoms with van der Waals surface area (Å²) in [5.41, 5.74) is 0. The summed E-state index contributed by atoms with van der Waals surface area (Å²) in [7, 11) is 0. The Morgan fingerprint density at radius 2 is 2.05 bits per heavy atom. The Morgan fingerprint density at radius 3 is 2.80 bits per heavy atom. The number of hydrogen-bond donors (Lipinski definition) is 2. The number of ether oxygens (including phenoxy) is 1. The molecule has 0 aromatic rings. The van der Waals surface area contributed by atoms with E-state index >= 15 is 0 Å². The van der Waals surface area contributed by atoms with Gasteiger partial charge in [0.15, 0.2) is 0 Å². The molecule has 4 nitrogen and oxygen atoms in total. The second-order valence-electron chi connectivity index (χ2n) is 6.23. The van der Waals surface area contributed by atoms with Crippen LogP contribution in [0.4, 0.5) is 0 Å². The molecule has 1 heterocycles. The van der Waals surface area contributed by atoms with Crippen LogP contribution in [0.5, 0.6) is 0 Å². The summed E-state index contributed by atoms with van der Waals surface area (Å²) < 4.78 is 5.83. The monoisotopic (exact) mass is 282 g/mol. The Labute approximate surface area is 123 Å². The number of carbonyl (C=O) groups is 1. The van der Waals surface area contributed by atoms with Crippen molar-refractivity contribution in [2.24, 2.45) is 5.92 Å². The van der Waals surface area contributed by atoms with E-state index in [0.29, 0.717) is 25.2 Å². The maximum absolute atomic E-state index is 12.1. The summed E-state index contributed by atoms with van der Waals surface area (Å²) in [6.45, 7) is 4.47. The van der Waals surface area contributed by atoms with E-state index in [1.807, 2.05) is 0 Å². The van der Waals surface area contributed by atoms with E-state index in [1.165, 1.54) is 44.9 Å². The lowest BCUT2D eigenvalue weighted by Gasteiger charge is -2.29. The molecule has 1 aliphatic heterocycles. The maximum atomic E-state index is 12.1. The van der Waals surface area contributed by atoms with Gasteiger partial charge in [0.05, 0.1) is 18.8 Å². The number of rotatable bonds is 6. The molecule has 0 spiro atoms. The predicted molar refractivity (Wildman–Crippen MR) is 80.6 cm³/mol. The van der Waals surface area contributed by atoms with E-state index in [9.17, 15) is 4.79 Å². The van der Waals surface area contributed by atoms with E-state index < -0.39 is 0 Å². The molecule has 0 aromatic carbocycles. The third-order valence-corrected chi connectivity index (χ3v) is 4.71. The van der Waals surface area contributed by atoms with Crippen molar-refractivity contribution in [3.63, 3.8) is 0 Å². The zero-order valence-corrected chi connectivity index (χ0v) is 12.8. The van der Waals surface area contributed by atoms with Gasteiger partial charge in [0.1, 0.15) is 0 Å². The highest BCUT2D eigenvalue weighted by Crippen LogP contribution is 2.20. The van der Waals surface area contributed by atoms with Crippen LogP contribution in [-0.4, -0.2) is 37.7 Å². The minimum absolute atomic E-state index is 0.00313. The minimum Gasteiger partial charge on any atom is -0.376 e.